The molecule has 0 heterocycles. The molecule has 0 amide bonds. The maximum atomic E-state index is 11.3. The second-order valence-corrected chi connectivity index (χ2v) is 8.87. The van der Waals surface area contributed by atoms with Crippen LogP contribution in [0.3, 0.4) is 0 Å². The van der Waals surface area contributed by atoms with Crippen molar-refractivity contribution in [3.05, 3.63) is 29.8 Å². The van der Waals surface area contributed by atoms with Crippen LogP contribution in [0.2, 0.25) is 0 Å². The molecular weight excluding hydrogens is 370 g/mol. The molecule has 1 aromatic carbocycles. The van der Waals surface area contributed by atoms with E-state index in [4.69, 9.17) is 0 Å². The minimum atomic E-state index is -0.133. The Labute approximate surface area is 186 Å². The Morgan fingerprint density at radius 1 is 0.733 bits per heavy atom. The van der Waals surface area contributed by atoms with Gasteiger partial charge >= 0.3 is 0 Å². The van der Waals surface area contributed by atoms with E-state index in [1.807, 2.05) is 12.1 Å². The van der Waals surface area contributed by atoms with Crippen LogP contribution >= 0.6 is 0 Å². The first-order chi connectivity index (χ1) is 14.8. The summed E-state index contributed by atoms with van der Waals surface area (Å²) < 4.78 is 0. The summed E-state index contributed by atoms with van der Waals surface area (Å²) in [7, 11) is 0. The van der Waals surface area contributed by atoms with E-state index >= 15 is 0 Å². The van der Waals surface area contributed by atoms with Gasteiger partial charge in [0.25, 0.3) is 0 Å². The predicted molar refractivity (Wildman–Crippen MR) is 129 cm³/mol. The van der Waals surface area contributed by atoms with Crippen molar-refractivity contribution in [2.75, 3.05) is 6.54 Å². The van der Waals surface area contributed by atoms with Gasteiger partial charge in [-0.3, -0.25) is 0 Å². The molecule has 0 aliphatic rings. The minimum Gasteiger partial charge on any atom is -0.508 e. The highest BCUT2D eigenvalue weighted by atomic mass is 16.3. The van der Waals surface area contributed by atoms with Crippen molar-refractivity contribution in [1.82, 2.24) is 5.32 Å². The van der Waals surface area contributed by atoms with Crippen LogP contribution in [0.15, 0.2) is 24.3 Å². The molecule has 30 heavy (non-hydrogen) atoms. The molecule has 0 unspecified atom stereocenters. The molecule has 172 valence electrons. The zero-order valence-corrected chi connectivity index (χ0v) is 19.5. The van der Waals surface area contributed by atoms with E-state index in [-0.39, 0.29) is 11.8 Å². The summed E-state index contributed by atoms with van der Waals surface area (Å²) in [6.07, 6.45) is 23.7. The molecule has 0 aliphatic carbocycles. The van der Waals surface area contributed by atoms with Crippen molar-refractivity contribution in [2.45, 2.75) is 122 Å². The minimum absolute atomic E-state index is 0.133. The Hall–Kier alpha value is -1.35. The topological polar surface area (TPSA) is 49.3 Å². The molecule has 1 rings (SSSR count). The van der Waals surface area contributed by atoms with Crippen LogP contribution in [-0.4, -0.2) is 24.0 Å². The van der Waals surface area contributed by atoms with E-state index in [9.17, 15) is 9.90 Å². The van der Waals surface area contributed by atoms with Gasteiger partial charge in [-0.15, -0.1) is 0 Å². The fourth-order valence-corrected chi connectivity index (χ4v) is 4.01. The van der Waals surface area contributed by atoms with Crippen molar-refractivity contribution >= 4 is 6.29 Å². The lowest BCUT2D eigenvalue weighted by atomic mass is 10.0. The third kappa shape index (κ3) is 15.5. The van der Waals surface area contributed by atoms with Crippen LogP contribution < -0.4 is 5.32 Å². The molecule has 0 fully saturated rings. The van der Waals surface area contributed by atoms with Gasteiger partial charge in [-0.25, -0.2) is 0 Å². The number of benzene rings is 1. The van der Waals surface area contributed by atoms with E-state index in [1.165, 1.54) is 96.3 Å². The van der Waals surface area contributed by atoms with Gasteiger partial charge < -0.3 is 15.2 Å². The molecule has 0 spiro atoms. The number of carbonyl (C=O) groups excluding carboxylic acids is 1. The largest absolute Gasteiger partial charge is 0.508 e. The molecule has 0 bridgehead atoms. The maximum absolute atomic E-state index is 11.3. The summed E-state index contributed by atoms with van der Waals surface area (Å²) >= 11 is 0. The SMILES string of the molecule is CCCCCCCCCCCCCCCCCCN[C@H](C=O)Cc1ccc(O)cc1. The van der Waals surface area contributed by atoms with E-state index in [1.54, 1.807) is 12.1 Å². The number of hydrogen-bond donors (Lipinski definition) is 2. The Balaban J connectivity index is 1.83. The first kappa shape index (κ1) is 26.7. The van der Waals surface area contributed by atoms with Gasteiger partial charge in [0.15, 0.2) is 0 Å². The molecule has 0 radical (unpaired) electrons. The fraction of sp³-hybridized carbons (Fsp3) is 0.741. The summed E-state index contributed by atoms with van der Waals surface area (Å²) in [5.41, 5.74) is 1.07. The standard InChI is InChI=1S/C27H47NO2/c1-2-3-4-5-6-7-8-9-10-11-12-13-14-15-16-17-22-28-26(24-29)23-25-18-20-27(30)21-19-25/h18-21,24,26,28,30H,2-17,22-23H2,1H3/t26-/m0/s1. The number of phenolic OH excluding ortho intramolecular Hbond substituents is 1. The summed E-state index contributed by atoms with van der Waals surface area (Å²) in [5.74, 6) is 0.266. The van der Waals surface area contributed by atoms with Crippen LogP contribution in [0.4, 0.5) is 0 Å². The molecule has 0 saturated heterocycles. The lowest BCUT2D eigenvalue weighted by Crippen LogP contribution is -2.33. The zero-order valence-electron chi connectivity index (χ0n) is 19.5. The van der Waals surface area contributed by atoms with E-state index in [0.29, 0.717) is 6.42 Å². The fourth-order valence-electron chi connectivity index (χ4n) is 4.01. The van der Waals surface area contributed by atoms with Crippen molar-refractivity contribution in [2.24, 2.45) is 0 Å². The van der Waals surface area contributed by atoms with Crippen molar-refractivity contribution < 1.29 is 9.90 Å². The summed E-state index contributed by atoms with van der Waals surface area (Å²) in [4.78, 5) is 11.3. The highest BCUT2D eigenvalue weighted by Gasteiger charge is 2.07. The van der Waals surface area contributed by atoms with E-state index < -0.39 is 0 Å². The van der Waals surface area contributed by atoms with Crippen molar-refractivity contribution in [3.63, 3.8) is 0 Å². The van der Waals surface area contributed by atoms with Crippen LogP contribution in [0, 0.1) is 0 Å². The molecule has 1 atom stereocenters. The molecule has 3 heteroatoms. The van der Waals surface area contributed by atoms with E-state index in [2.05, 4.69) is 12.2 Å². The Bertz CT molecular complexity index is 500. The second kappa shape index (κ2) is 19.6. The van der Waals surface area contributed by atoms with Crippen molar-refractivity contribution in [3.8, 4) is 5.75 Å². The maximum Gasteiger partial charge on any atom is 0.137 e. The molecular formula is C27H47NO2. The summed E-state index contributed by atoms with van der Waals surface area (Å²) in [6.45, 7) is 3.18. The molecule has 1 aromatic rings. The number of carbonyl (C=O) groups is 1. The number of rotatable bonds is 21. The Morgan fingerprint density at radius 3 is 1.60 bits per heavy atom. The Morgan fingerprint density at radius 2 is 1.17 bits per heavy atom. The molecule has 3 nitrogen and oxygen atoms in total. The molecule has 0 saturated carbocycles. The quantitative estimate of drug-likeness (QED) is 0.162. The van der Waals surface area contributed by atoms with Gasteiger partial charge in [0.2, 0.25) is 0 Å². The molecule has 2 N–H and O–H groups in total. The number of nitrogens with one attached hydrogen (secondary N) is 1. The number of aromatic hydroxyl groups is 1. The third-order valence-corrected chi connectivity index (χ3v) is 5.99. The smallest absolute Gasteiger partial charge is 0.137 e. The average Bonchev–Trinajstić information content (AvgIpc) is 2.76. The van der Waals surface area contributed by atoms with Gasteiger partial charge in [0, 0.05) is 0 Å². The average molecular weight is 418 g/mol. The van der Waals surface area contributed by atoms with Crippen LogP contribution in [0.1, 0.15) is 115 Å². The first-order valence-corrected chi connectivity index (χ1v) is 12.7. The predicted octanol–water partition coefficient (Wildman–Crippen LogP) is 7.35. The van der Waals surface area contributed by atoms with Crippen LogP contribution in [-0.2, 0) is 11.2 Å². The molecule has 0 aliphatic heterocycles. The molecule has 0 aromatic heterocycles. The lowest BCUT2D eigenvalue weighted by Gasteiger charge is -2.12. The van der Waals surface area contributed by atoms with Gasteiger partial charge in [-0.05, 0) is 37.1 Å². The van der Waals surface area contributed by atoms with Gasteiger partial charge in [0.05, 0.1) is 6.04 Å². The first-order valence-electron chi connectivity index (χ1n) is 12.7. The summed E-state index contributed by atoms with van der Waals surface area (Å²) in [5, 5.41) is 12.7. The number of hydrogen-bond acceptors (Lipinski definition) is 3. The highest BCUT2D eigenvalue weighted by Crippen LogP contribution is 2.14. The van der Waals surface area contributed by atoms with Crippen LogP contribution in [0.5, 0.6) is 5.75 Å². The third-order valence-electron chi connectivity index (χ3n) is 5.99. The van der Waals surface area contributed by atoms with Crippen molar-refractivity contribution in [1.29, 1.82) is 0 Å². The van der Waals surface area contributed by atoms with Gasteiger partial charge in [0.1, 0.15) is 12.0 Å². The number of unbranched alkanes of at least 4 members (excludes halogenated alkanes) is 15. The van der Waals surface area contributed by atoms with E-state index in [0.717, 1.165) is 24.8 Å². The lowest BCUT2D eigenvalue weighted by molar-refractivity contribution is -0.109. The highest BCUT2D eigenvalue weighted by molar-refractivity contribution is 5.58. The summed E-state index contributed by atoms with van der Waals surface area (Å²) in [6, 6.07) is 6.97. The Kier molecular flexibility index (Phi) is 17.4. The normalized spacial score (nSPS) is 12.2. The van der Waals surface area contributed by atoms with Crippen LogP contribution in [0.25, 0.3) is 0 Å². The van der Waals surface area contributed by atoms with Gasteiger partial charge in [-0.2, -0.15) is 0 Å². The zero-order chi connectivity index (χ0) is 21.7. The second-order valence-electron chi connectivity index (χ2n) is 8.87. The monoisotopic (exact) mass is 417 g/mol. The number of phenols is 1. The van der Waals surface area contributed by atoms with Gasteiger partial charge in [-0.1, -0.05) is 115 Å². The number of aldehydes is 1.